The van der Waals surface area contributed by atoms with Crippen LogP contribution < -0.4 is 4.90 Å². The first-order valence-electron chi connectivity index (χ1n) is 8.34. The van der Waals surface area contributed by atoms with Crippen LogP contribution in [-0.4, -0.2) is 62.9 Å². The quantitative estimate of drug-likeness (QED) is 0.735. The van der Waals surface area contributed by atoms with Crippen LogP contribution in [0.4, 0.5) is 0 Å². The number of carbonyl (C=O) groups is 1. The Balaban J connectivity index is 1.23. The lowest BCUT2D eigenvalue weighted by Crippen LogP contribution is -3.13. The highest BCUT2D eigenvalue weighted by Crippen LogP contribution is 2.36. The Morgan fingerprint density at radius 1 is 1.38 bits per heavy atom. The minimum atomic E-state index is 0.195. The summed E-state index contributed by atoms with van der Waals surface area (Å²) >= 11 is 3.27. The van der Waals surface area contributed by atoms with E-state index in [4.69, 9.17) is 0 Å². The molecule has 2 aliphatic rings. The van der Waals surface area contributed by atoms with Gasteiger partial charge in [0, 0.05) is 0 Å². The first-order chi connectivity index (χ1) is 11.8. The van der Waals surface area contributed by atoms with Gasteiger partial charge in [0.25, 0.3) is 0 Å². The summed E-state index contributed by atoms with van der Waals surface area (Å²) in [5.41, 5.74) is 0. The Hall–Kier alpha value is -1.45. The van der Waals surface area contributed by atoms with Crippen molar-refractivity contribution in [1.82, 2.24) is 25.1 Å². The highest BCUT2D eigenvalue weighted by molar-refractivity contribution is 7.99. The van der Waals surface area contributed by atoms with Crippen molar-refractivity contribution in [3.05, 3.63) is 22.4 Å². The average molecular weight is 366 g/mol. The third-order valence-corrected chi connectivity index (χ3v) is 6.30. The number of hydrogen-bond donors (Lipinski definition) is 1. The fourth-order valence-corrected chi connectivity index (χ4v) is 4.58. The minimum absolute atomic E-state index is 0.195. The number of aromatic nitrogens is 4. The van der Waals surface area contributed by atoms with E-state index < -0.39 is 0 Å². The molecule has 2 aromatic heterocycles. The molecule has 0 radical (unpaired) electrons. The second kappa shape index (κ2) is 7.20. The fraction of sp³-hybridized carbons (Fsp3) is 0.600. The molecule has 0 aromatic carbocycles. The highest BCUT2D eigenvalue weighted by Gasteiger charge is 2.29. The molecule has 4 rings (SSSR count). The van der Waals surface area contributed by atoms with Crippen molar-refractivity contribution >= 4 is 29.0 Å². The van der Waals surface area contributed by atoms with E-state index >= 15 is 0 Å². The molecule has 0 unspecified atom stereocenters. The zero-order chi connectivity index (χ0) is 16.4. The Morgan fingerprint density at radius 2 is 2.21 bits per heavy atom. The summed E-state index contributed by atoms with van der Waals surface area (Å²) in [4.78, 5) is 17.4. The summed E-state index contributed by atoms with van der Waals surface area (Å²) in [7, 11) is 0. The molecule has 9 heteroatoms. The molecule has 2 aromatic rings. The first-order valence-corrected chi connectivity index (χ1v) is 10.2. The van der Waals surface area contributed by atoms with E-state index in [-0.39, 0.29) is 5.91 Å². The third kappa shape index (κ3) is 3.79. The van der Waals surface area contributed by atoms with Crippen molar-refractivity contribution in [2.75, 3.05) is 31.9 Å². The van der Waals surface area contributed by atoms with Crippen molar-refractivity contribution in [3.8, 4) is 0 Å². The maximum Gasteiger partial charge on any atom is 0.233 e. The van der Waals surface area contributed by atoms with E-state index in [0.717, 1.165) is 50.7 Å². The lowest BCUT2D eigenvalue weighted by atomic mass is 10.3. The molecule has 1 saturated heterocycles. The molecule has 24 heavy (non-hydrogen) atoms. The molecule has 1 amide bonds. The van der Waals surface area contributed by atoms with Crippen molar-refractivity contribution in [2.45, 2.75) is 30.6 Å². The van der Waals surface area contributed by atoms with Gasteiger partial charge in [-0.1, -0.05) is 17.8 Å². The van der Waals surface area contributed by atoms with Gasteiger partial charge in [0.15, 0.2) is 0 Å². The van der Waals surface area contributed by atoms with Gasteiger partial charge in [-0.25, -0.2) is 4.68 Å². The monoisotopic (exact) mass is 365 g/mol. The van der Waals surface area contributed by atoms with E-state index in [1.165, 1.54) is 16.6 Å². The van der Waals surface area contributed by atoms with E-state index in [2.05, 4.69) is 33.0 Å². The normalized spacial score (nSPS) is 18.9. The average Bonchev–Trinajstić information content (AvgIpc) is 3.12. The second-order valence-electron chi connectivity index (χ2n) is 6.31. The van der Waals surface area contributed by atoms with Crippen LogP contribution in [0, 0.1) is 0 Å². The molecule has 1 saturated carbocycles. The molecule has 3 heterocycles. The number of hydrogen-bond acceptors (Lipinski definition) is 6. The van der Waals surface area contributed by atoms with Gasteiger partial charge in [-0.05, 0) is 34.7 Å². The molecular formula is C15H21N6OS2+. The van der Waals surface area contributed by atoms with Gasteiger partial charge in [0.05, 0.1) is 42.9 Å². The lowest BCUT2D eigenvalue weighted by molar-refractivity contribution is -0.917. The highest BCUT2D eigenvalue weighted by atomic mass is 32.2. The molecule has 0 bridgehead atoms. The van der Waals surface area contributed by atoms with Gasteiger partial charge in [-0.2, -0.15) is 0 Å². The van der Waals surface area contributed by atoms with Crippen LogP contribution in [0.1, 0.15) is 23.8 Å². The van der Waals surface area contributed by atoms with E-state index in [9.17, 15) is 4.79 Å². The van der Waals surface area contributed by atoms with Crippen molar-refractivity contribution in [2.24, 2.45) is 0 Å². The molecule has 128 valence electrons. The van der Waals surface area contributed by atoms with Crippen molar-refractivity contribution in [3.63, 3.8) is 0 Å². The third-order valence-electron chi connectivity index (χ3n) is 4.51. The number of piperazine rings is 1. The number of rotatable bonds is 6. The molecule has 0 spiro atoms. The molecule has 1 N–H and O–H groups in total. The zero-order valence-electron chi connectivity index (χ0n) is 13.4. The SMILES string of the molecule is O=C(CSc1nnnn1C1CC1)N1CC[NH+](Cc2cccs2)CC1. The van der Waals surface area contributed by atoms with E-state index in [1.807, 2.05) is 20.9 Å². The Labute approximate surface area is 149 Å². The molecular weight excluding hydrogens is 344 g/mol. The number of amides is 1. The number of thiophene rings is 1. The zero-order valence-corrected chi connectivity index (χ0v) is 15.1. The van der Waals surface area contributed by atoms with Gasteiger partial charge in [-0.15, -0.1) is 16.4 Å². The number of carbonyl (C=O) groups excluding carboxylic acids is 1. The molecule has 1 aliphatic heterocycles. The fourth-order valence-electron chi connectivity index (χ4n) is 2.96. The maximum atomic E-state index is 12.4. The first kappa shape index (κ1) is 16.0. The van der Waals surface area contributed by atoms with Crippen LogP contribution in [0.5, 0.6) is 0 Å². The number of quaternary nitrogens is 1. The maximum absolute atomic E-state index is 12.4. The number of nitrogens with one attached hydrogen (secondary N) is 1. The van der Waals surface area contributed by atoms with Gasteiger partial charge in [0.2, 0.25) is 11.1 Å². The summed E-state index contributed by atoms with van der Waals surface area (Å²) in [5, 5.41) is 14.7. The van der Waals surface area contributed by atoms with Crippen LogP contribution in [0.15, 0.2) is 22.7 Å². The summed E-state index contributed by atoms with van der Waals surface area (Å²) in [6, 6.07) is 4.74. The van der Waals surface area contributed by atoms with Crippen molar-refractivity contribution in [1.29, 1.82) is 0 Å². The van der Waals surface area contributed by atoms with Crippen LogP contribution in [0.2, 0.25) is 0 Å². The number of nitrogens with zero attached hydrogens (tertiary/aromatic N) is 5. The van der Waals surface area contributed by atoms with Crippen LogP contribution in [0.3, 0.4) is 0 Å². The number of thioether (sulfide) groups is 1. The topological polar surface area (TPSA) is 68.4 Å². The summed E-state index contributed by atoms with van der Waals surface area (Å²) in [5.74, 6) is 0.619. The van der Waals surface area contributed by atoms with Crippen LogP contribution in [-0.2, 0) is 11.3 Å². The van der Waals surface area contributed by atoms with Gasteiger partial charge >= 0.3 is 0 Å². The summed E-state index contributed by atoms with van der Waals surface area (Å²) in [6.45, 7) is 4.80. The predicted molar refractivity (Wildman–Crippen MR) is 92.1 cm³/mol. The van der Waals surface area contributed by atoms with Crippen LogP contribution >= 0.6 is 23.1 Å². The molecule has 1 aliphatic carbocycles. The molecule has 0 atom stereocenters. The smallest absolute Gasteiger partial charge is 0.233 e. The van der Waals surface area contributed by atoms with Gasteiger partial charge < -0.3 is 9.80 Å². The Kier molecular flexibility index (Phi) is 4.81. The van der Waals surface area contributed by atoms with Gasteiger partial charge in [0.1, 0.15) is 6.54 Å². The molecule has 7 nitrogen and oxygen atoms in total. The summed E-state index contributed by atoms with van der Waals surface area (Å²) < 4.78 is 1.86. The largest absolute Gasteiger partial charge is 0.331 e. The lowest BCUT2D eigenvalue weighted by Gasteiger charge is -2.32. The summed E-state index contributed by atoms with van der Waals surface area (Å²) in [6.07, 6.45) is 2.28. The number of tetrazole rings is 1. The standard InChI is InChI=1S/C15H20N6OS2/c22-14(11-24-15-16-17-18-21(15)12-3-4-12)20-7-5-19(6-8-20)10-13-2-1-9-23-13/h1-2,9,12H,3-8,10-11H2/p+1. The Bertz CT molecular complexity index is 676. The van der Waals surface area contributed by atoms with E-state index in [0.29, 0.717) is 11.8 Å². The molecule has 2 fully saturated rings. The minimum Gasteiger partial charge on any atom is -0.331 e. The van der Waals surface area contributed by atoms with Crippen molar-refractivity contribution < 1.29 is 9.69 Å². The second-order valence-corrected chi connectivity index (χ2v) is 8.29. The van der Waals surface area contributed by atoms with Crippen LogP contribution in [0.25, 0.3) is 0 Å². The Morgan fingerprint density at radius 3 is 2.92 bits per heavy atom. The predicted octanol–water partition coefficient (Wildman–Crippen LogP) is 0.0889. The van der Waals surface area contributed by atoms with E-state index in [1.54, 1.807) is 4.90 Å². The van der Waals surface area contributed by atoms with Gasteiger partial charge in [-0.3, -0.25) is 4.79 Å².